The van der Waals surface area contributed by atoms with Crippen molar-refractivity contribution in [3.8, 4) is 12.3 Å². The molecule has 0 aliphatic rings. The van der Waals surface area contributed by atoms with E-state index in [-0.39, 0.29) is 0 Å². The summed E-state index contributed by atoms with van der Waals surface area (Å²) in [7, 11) is 0. The molecule has 0 saturated carbocycles. The zero-order chi connectivity index (χ0) is 9.23. The fourth-order valence-corrected chi connectivity index (χ4v) is 0.917. The Morgan fingerprint density at radius 1 is 1.50 bits per heavy atom. The van der Waals surface area contributed by atoms with Gasteiger partial charge in [0, 0.05) is 25.8 Å². The largest absolute Gasteiger partial charge is 0.317 e. The Balaban J connectivity index is 3.17. The van der Waals surface area contributed by atoms with Crippen LogP contribution in [0.4, 0.5) is 0 Å². The summed E-state index contributed by atoms with van der Waals surface area (Å²) in [6.45, 7) is 3.76. The molecule has 0 spiro atoms. The van der Waals surface area contributed by atoms with Gasteiger partial charge in [-0.3, -0.25) is 4.79 Å². The second kappa shape index (κ2) is 8.29. The molecule has 0 amide bonds. The van der Waals surface area contributed by atoms with Gasteiger partial charge in [0.15, 0.2) is 0 Å². The molecule has 0 aliphatic carbocycles. The minimum absolute atomic E-state index is 0.311. The summed E-state index contributed by atoms with van der Waals surface area (Å²) in [6, 6.07) is 0. The van der Waals surface area contributed by atoms with Crippen LogP contribution in [0.25, 0.3) is 0 Å². The molecule has 0 rings (SSSR count). The lowest BCUT2D eigenvalue weighted by Gasteiger charge is -1.99. The van der Waals surface area contributed by atoms with E-state index in [2.05, 4.69) is 11.2 Å². The molecule has 0 aliphatic heterocycles. The van der Waals surface area contributed by atoms with Gasteiger partial charge < -0.3 is 5.32 Å². The molecule has 0 atom stereocenters. The summed E-state index contributed by atoms with van der Waals surface area (Å²) in [6.07, 6.45) is 7.88. The van der Waals surface area contributed by atoms with Crippen LogP contribution in [-0.4, -0.2) is 18.9 Å². The number of carbonyl (C=O) groups is 1. The van der Waals surface area contributed by atoms with Crippen molar-refractivity contribution < 1.29 is 4.79 Å². The van der Waals surface area contributed by atoms with Crippen LogP contribution in [0.3, 0.4) is 0 Å². The molecule has 0 bridgehead atoms. The highest BCUT2D eigenvalue weighted by atomic mass is 16.1. The van der Waals surface area contributed by atoms with Crippen molar-refractivity contribution in [1.82, 2.24) is 5.32 Å². The number of hydrogen-bond acceptors (Lipinski definition) is 2. The minimum atomic E-state index is 0.311. The lowest BCUT2D eigenvalue weighted by Crippen LogP contribution is -2.17. The van der Waals surface area contributed by atoms with E-state index in [4.69, 9.17) is 6.42 Å². The fraction of sp³-hybridized carbons (Fsp3) is 0.700. The van der Waals surface area contributed by atoms with Crippen molar-refractivity contribution in [2.45, 2.75) is 32.6 Å². The van der Waals surface area contributed by atoms with E-state index >= 15 is 0 Å². The van der Waals surface area contributed by atoms with Crippen molar-refractivity contribution in [3.05, 3.63) is 0 Å². The van der Waals surface area contributed by atoms with E-state index in [1.165, 1.54) is 0 Å². The first-order valence-electron chi connectivity index (χ1n) is 4.47. The van der Waals surface area contributed by atoms with Gasteiger partial charge in [0.2, 0.25) is 0 Å². The number of rotatable bonds is 7. The quantitative estimate of drug-likeness (QED) is 0.458. The Kier molecular flexibility index (Phi) is 7.73. The van der Waals surface area contributed by atoms with Crippen molar-refractivity contribution in [2.75, 3.05) is 13.1 Å². The number of terminal acetylenes is 1. The third-order valence-corrected chi connectivity index (χ3v) is 1.61. The number of hydrogen-bond donors (Lipinski definition) is 1. The van der Waals surface area contributed by atoms with Crippen LogP contribution in [0.2, 0.25) is 0 Å². The number of Topliss-reactive ketones (excluding diaryl/α,β-unsaturated/α-hetero) is 1. The SMILES string of the molecule is C#CCCCC(=O)CCNCC. The minimum Gasteiger partial charge on any atom is -0.317 e. The summed E-state index contributed by atoms with van der Waals surface area (Å²) >= 11 is 0. The molecule has 0 fully saturated rings. The molecule has 1 N–H and O–H groups in total. The second-order valence-electron chi connectivity index (χ2n) is 2.70. The Bertz CT molecular complexity index is 158. The topological polar surface area (TPSA) is 29.1 Å². The Labute approximate surface area is 74.7 Å². The van der Waals surface area contributed by atoms with E-state index in [9.17, 15) is 4.79 Å². The number of ketones is 1. The molecule has 0 aromatic rings. The summed E-state index contributed by atoms with van der Waals surface area (Å²) in [5.41, 5.74) is 0. The maximum atomic E-state index is 11.1. The van der Waals surface area contributed by atoms with Gasteiger partial charge in [-0.25, -0.2) is 0 Å². The van der Waals surface area contributed by atoms with Gasteiger partial charge >= 0.3 is 0 Å². The van der Waals surface area contributed by atoms with E-state index in [1.807, 2.05) is 6.92 Å². The molecular weight excluding hydrogens is 150 g/mol. The van der Waals surface area contributed by atoms with E-state index < -0.39 is 0 Å². The molecule has 2 nitrogen and oxygen atoms in total. The van der Waals surface area contributed by atoms with Gasteiger partial charge in [0.1, 0.15) is 5.78 Å². The van der Waals surface area contributed by atoms with Gasteiger partial charge in [-0.15, -0.1) is 12.3 Å². The maximum absolute atomic E-state index is 11.1. The van der Waals surface area contributed by atoms with Gasteiger partial charge in [-0.1, -0.05) is 6.92 Å². The highest BCUT2D eigenvalue weighted by Crippen LogP contribution is 1.97. The second-order valence-corrected chi connectivity index (χ2v) is 2.70. The van der Waals surface area contributed by atoms with Crippen LogP contribution in [0.1, 0.15) is 32.6 Å². The molecule has 0 heterocycles. The first-order chi connectivity index (χ1) is 5.81. The van der Waals surface area contributed by atoms with Crippen molar-refractivity contribution in [2.24, 2.45) is 0 Å². The highest BCUT2D eigenvalue weighted by Gasteiger charge is 1.99. The third kappa shape index (κ3) is 7.30. The van der Waals surface area contributed by atoms with Crippen LogP contribution >= 0.6 is 0 Å². The maximum Gasteiger partial charge on any atom is 0.134 e. The standard InChI is InChI=1S/C10H17NO/c1-3-5-6-7-10(12)8-9-11-4-2/h1,11H,4-9H2,2H3. The van der Waals surface area contributed by atoms with Crippen molar-refractivity contribution in [3.63, 3.8) is 0 Å². The van der Waals surface area contributed by atoms with Crippen LogP contribution < -0.4 is 5.32 Å². The predicted molar refractivity (Wildman–Crippen MR) is 50.9 cm³/mol. The molecule has 0 unspecified atom stereocenters. The average molecular weight is 167 g/mol. The molecule has 2 heteroatoms. The number of unbranched alkanes of at least 4 members (excludes halogenated alkanes) is 1. The molecule has 12 heavy (non-hydrogen) atoms. The Morgan fingerprint density at radius 2 is 2.25 bits per heavy atom. The fourth-order valence-electron chi connectivity index (χ4n) is 0.917. The molecular formula is C10H17NO. The normalized spacial score (nSPS) is 9.33. The van der Waals surface area contributed by atoms with E-state index in [0.717, 1.165) is 19.5 Å². The van der Waals surface area contributed by atoms with E-state index in [1.54, 1.807) is 0 Å². The van der Waals surface area contributed by atoms with Crippen molar-refractivity contribution >= 4 is 5.78 Å². The van der Waals surface area contributed by atoms with Gasteiger partial charge in [-0.05, 0) is 13.0 Å². The molecule has 0 aromatic carbocycles. The van der Waals surface area contributed by atoms with E-state index in [0.29, 0.717) is 25.0 Å². The Hall–Kier alpha value is -0.810. The van der Waals surface area contributed by atoms with Crippen LogP contribution in [0.5, 0.6) is 0 Å². The number of carbonyl (C=O) groups excluding carboxylic acids is 1. The van der Waals surface area contributed by atoms with Gasteiger partial charge in [0.25, 0.3) is 0 Å². The zero-order valence-electron chi connectivity index (χ0n) is 7.73. The van der Waals surface area contributed by atoms with Crippen LogP contribution in [0, 0.1) is 12.3 Å². The monoisotopic (exact) mass is 167 g/mol. The van der Waals surface area contributed by atoms with Gasteiger partial charge in [-0.2, -0.15) is 0 Å². The van der Waals surface area contributed by atoms with Gasteiger partial charge in [0.05, 0.1) is 0 Å². The lowest BCUT2D eigenvalue weighted by molar-refractivity contribution is -0.119. The summed E-state index contributed by atoms with van der Waals surface area (Å²) < 4.78 is 0. The smallest absolute Gasteiger partial charge is 0.134 e. The number of nitrogens with one attached hydrogen (secondary N) is 1. The molecule has 68 valence electrons. The first kappa shape index (κ1) is 11.2. The first-order valence-corrected chi connectivity index (χ1v) is 4.47. The molecule has 0 aromatic heterocycles. The summed E-state index contributed by atoms with van der Waals surface area (Å²) in [5.74, 6) is 2.83. The predicted octanol–water partition coefficient (Wildman–Crippen LogP) is 1.36. The third-order valence-electron chi connectivity index (χ3n) is 1.61. The Morgan fingerprint density at radius 3 is 2.83 bits per heavy atom. The summed E-state index contributed by atoms with van der Waals surface area (Å²) in [4.78, 5) is 11.1. The van der Waals surface area contributed by atoms with Crippen molar-refractivity contribution in [1.29, 1.82) is 0 Å². The molecule has 0 radical (unpaired) electrons. The molecule has 0 saturated heterocycles. The van der Waals surface area contributed by atoms with Crippen LogP contribution in [-0.2, 0) is 4.79 Å². The zero-order valence-corrected chi connectivity index (χ0v) is 7.73. The van der Waals surface area contributed by atoms with Crippen LogP contribution in [0.15, 0.2) is 0 Å². The average Bonchev–Trinajstić information content (AvgIpc) is 2.06. The summed E-state index contributed by atoms with van der Waals surface area (Å²) in [5, 5.41) is 3.11. The lowest BCUT2D eigenvalue weighted by atomic mass is 10.1. The highest BCUT2D eigenvalue weighted by molar-refractivity contribution is 5.78.